The summed E-state index contributed by atoms with van der Waals surface area (Å²) in [6, 6.07) is 15.8. The standard InChI is InChI=1S/C20H24N2O3/c1-15-7-9-16(10-8-15)11-21-20(23)13-22(2)12-17-14-24-18-5-3-4-6-19(18)25-17/h3-10,17H,11-14H2,1-2H3,(H,21,23). The molecule has 132 valence electrons. The minimum Gasteiger partial charge on any atom is -0.486 e. The van der Waals surface area contributed by atoms with Gasteiger partial charge in [0.1, 0.15) is 12.7 Å². The molecule has 1 aliphatic rings. The summed E-state index contributed by atoms with van der Waals surface area (Å²) in [4.78, 5) is 14.1. The van der Waals surface area contributed by atoms with Crippen LogP contribution in [0.2, 0.25) is 0 Å². The minimum atomic E-state index is -0.0789. The number of para-hydroxylation sites is 2. The third-order valence-electron chi connectivity index (χ3n) is 4.11. The van der Waals surface area contributed by atoms with Gasteiger partial charge in [-0.2, -0.15) is 0 Å². The van der Waals surface area contributed by atoms with Gasteiger partial charge in [-0.25, -0.2) is 0 Å². The highest BCUT2D eigenvalue weighted by Crippen LogP contribution is 2.30. The van der Waals surface area contributed by atoms with Crippen LogP contribution in [0.4, 0.5) is 0 Å². The number of nitrogens with zero attached hydrogens (tertiary/aromatic N) is 1. The topological polar surface area (TPSA) is 50.8 Å². The Hall–Kier alpha value is -2.53. The molecule has 0 bridgehead atoms. The van der Waals surface area contributed by atoms with E-state index in [2.05, 4.69) is 5.32 Å². The number of amides is 1. The lowest BCUT2D eigenvalue weighted by molar-refractivity contribution is -0.122. The molecule has 0 radical (unpaired) electrons. The molecule has 0 saturated heterocycles. The number of hydrogen-bond acceptors (Lipinski definition) is 4. The van der Waals surface area contributed by atoms with E-state index in [1.54, 1.807) is 0 Å². The summed E-state index contributed by atoms with van der Waals surface area (Å²) in [7, 11) is 1.91. The molecule has 0 saturated carbocycles. The summed E-state index contributed by atoms with van der Waals surface area (Å²) >= 11 is 0. The van der Waals surface area contributed by atoms with Gasteiger partial charge in [0.05, 0.1) is 6.54 Å². The molecule has 1 aliphatic heterocycles. The van der Waals surface area contributed by atoms with Crippen molar-refractivity contribution in [1.82, 2.24) is 10.2 Å². The Labute approximate surface area is 148 Å². The highest BCUT2D eigenvalue weighted by molar-refractivity contribution is 5.77. The number of nitrogens with one attached hydrogen (secondary N) is 1. The zero-order valence-corrected chi connectivity index (χ0v) is 14.7. The number of likely N-dealkylation sites (N-methyl/N-ethyl adjacent to an activating group) is 1. The van der Waals surface area contributed by atoms with Crippen molar-refractivity contribution in [1.29, 1.82) is 0 Å². The molecule has 0 aliphatic carbocycles. The second-order valence-corrected chi connectivity index (χ2v) is 6.46. The lowest BCUT2D eigenvalue weighted by Gasteiger charge is -2.29. The van der Waals surface area contributed by atoms with Crippen molar-refractivity contribution >= 4 is 5.91 Å². The Morgan fingerprint density at radius 2 is 1.88 bits per heavy atom. The quantitative estimate of drug-likeness (QED) is 0.877. The van der Waals surface area contributed by atoms with Crippen LogP contribution in [0.5, 0.6) is 11.5 Å². The Kier molecular flexibility index (Phi) is 5.56. The van der Waals surface area contributed by atoms with Gasteiger partial charge in [-0.05, 0) is 31.7 Å². The molecule has 3 rings (SSSR count). The molecular formula is C20H24N2O3. The van der Waals surface area contributed by atoms with Crippen LogP contribution >= 0.6 is 0 Å². The van der Waals surface area contributed by atoms with Gasteiger partial charge in [-0.3, -0.25) is 9.69 Å². The summed E-state index contributed by atoms with van der Waals surface area (Å²) in [5.41, 5.74) is 2.31. The second kappa shape index (κ2) is 8.03. The summed E-state index contributed by atoms with van der Waals surface area (Å²) in [6.07, 6.45) is -0.0789. The molecule has 2 aromatic carbocycles. The number of benzene rings is 2. The first kappa shape index (κ1) is 17.3. The fourth-order valence-electron chi connectivity index (χ4n) is 2.77. The van der Waals surface area contributed by atoms with E-state index in [4.69, 9.17) is 9.47 Å². The molecule has 1 unspecified atom stereocenters. The zero-order chi connectivity index (χ0) is 17.6. The normalized spacial score (nSPS) is 15.9. The molecule has 1 heterocycles. The SMILES string of the molecule is Cc1ccc(CNC(=O)CN(C)CC2COc3ccccc3O2)cc1. The van der Waals surface area contributed by atoms with Crippen LogP contribution in [0, 0.1) is 6.92 Å². The number of hydrogen-bond donors (Lipinski definition) is 1. The van der Waals surface area contributed by atoms with Crippen LogP contribution in [-0.4, -0.2) is 43.7 Å². The molecule has 1 amide bonds. The van der Waals surface area contributed by atoms with Gasteiger partial charge in [-0.1, -0.05) is 42.0 Å². The Morgan fingerprint density at radius 1 is 1.16 bits per heavy atom. The Morgan fingerprint density at radius 3 is 2.64 bits per heavy atom. The molecule has 0 spiro atoms. The first-order valence-electron chi connectivity index (χ1n) is 8.49. The van der Waals surface area contributed by atoms with Gasteiger partial charge in [0.2, 0.25) is 5.91 Å². The van der Waals surface area contributed by atoms with E-state index in [0.717, 1.165) is 17.1 Å². The maximum absolute atomic E-state index is 12.1. The highest BCUT2D eigenvalue weighted by Gasteiger charge is 2.22. The number of carbonyl (C=O) groups is 1. The number of rotatable bonds is 6. The van der Waals surface area contributed by atoms with E-state index in [1.165, 1.54) is 5.56 Å². The Bertz CT molecular complexity index is 715. The van der Waals surface area contributed by atoms with E-state index in [1.807, 2.05) is 67.4 Å². The average molecular weight is 340 g/mol. The van der Waals surface area contributed by atoms with Crippen molar-refractivity contribution in [2.24, 2.45) is 0 Å². The van der Waals surface area contributed by atoms with Gasteiger partial charge in [-0.15, -0.1) is 0 Å². The number of carbonyl (C=O) groups excluding carboxylic acids is 1. The van der Waals surface area contributed by atoms with Crippen LogP contribution in [-0.2, 0) is 11.3 Å². The van der Waals surface area contributed by atoms with Crippen molar-refractivity contribution in [2.75, 3.05) is 26.7 Å². The number of aryl methyl sites for hydroxylation is 1. The summed E-state index contributed by atoms with van der Waals surface area (Å²) < 4.78 is 11.6. The van der Waals surface area contributed by atoms with Crippen LogP contribution in [0.15, 0.2) is 48.5 Å². The first-order valence-corrected chi connectivity index (χ1v) is 8.49. The largest absolute Gasteiger partial charge is 0.486 e. The predicted octanol–water partition coefficient (Wildman–Crippen LogP) is 2.38. The van der Waals surface area contributed by atoms with Crippen molar-refractivity contribution in [3.05, 3.63) is 59.7 Å². The highest BCUT2D eigenvalue weighted by atomic mass is 16.6. The van der Waals surface area contributed by atoms with Crippen LogP contribution in [0.3, 0.4) is 0 Å². The number of fused-ring (bicyclic) bond motifs is 1. The van der Waals surface area contributed by atoms with Gasteiger partial charge in [0.15, 0.2) is 11.5 Å². The molecule has 0 fully saturated rings. The summed E-state index contributed by atoms with van der Waals surface area (Å²) in [5.74, 6) is 1.54. The third-order valence-corrected chi connectivity index (χ3v) is 4.11. The molecule has 0 aromatic heterocycles. The van der Waals surface area contributed by atoms with E-state index in [9.17, 15) is 4.79 Å². The smallest absolute Gasteiger partial charge is 0.234 e. The van der Waals surface area contributed by atoms with Crippen LogP contribution < -0.4 is 14.8 Å². The van der Waals surface area contributed by atoms with Crippen molar-refractivity contribution < 1.29 is 14.3 Å². The molecular weight excluding hydrogens is 316 g/mol. The van der Waals surface area contributed by atoms with Crippen molar-refractivity contribution in [3.8, 4) is 11.5 Å². The van der Waals surface area contributed by atoms with E-state index in [0.29, 0.717) is 26.2 Å². The second-order valence-electron chi connectivity index (χ2n) is 6.46. The van der Waals surface area contributed by atoms with Gasteiger partial charge in [0.25, 0.3) is 0 Å². The number of ether oxygens (including phenoxy) is 2. The zero-order valence-electron chi connectivity index (χ0n) is 14.7. The predicted molar refractivity (Wildman–Crippen MR) is 96.9 cm³/mol. The minimum absolute atomic E-state index is 0.000188. The molecule has 5 heteroatoms. The lowest BCUT2D eigenvalue weighted by Crippen LogP contribution is -2.43. The molecule has 1 atom stereocenters. The van der Waals surface area contributed by atoms with Crippen molar-refractivity contribution in [2.45, 2.75) is 19.6 Å². The van der Waals surface area contributed by atoms with Crippen molar-refractivity contribution in [3.63, 3.8) is 0 Å². The molecule has 25 heavy (non-hydrogen) atoms. The maximum Gasteiger partial charge on any atom is 0.234 e. The average Bonchev–Trinajstić information content (AvgIpc) is 2.61. The first-order chi connectivity index (χ1) is 12.1. The Balaban J connectivity index is 1.42. The van der Waals surface area contributed by atoms with Crippen LogP contribution in [0.1, 0.15) is 11.1 Å². The van der Waals surface area contributed by atoms with E-state index >= 15 is 0 Å². The maximum atomic E-state index is 12.1. The van der Waals surface area contributed by atoms with E-state index in [-0.39, 0.29) is 12.0 Å². The summed E-state index contributed by atoms with van der Waals surface area (Å²) in [6.45, 7) is 4.04. The monoisotopic (exact) mass is 340 g/mol. The molecule has 5 nitrogen and oxygen atoms in total. The van der Waals surface area contributed by atoms with E-state index < -0.39 is 0 Å². The third kappa shape index (κ3) is 4.97. The van der Waals surface area contributed by atoms with Gasteiger partial charge >= 0.3 is 0 Å². The van der Waals surface area contributed by atoms with Gasteiger partial charge in [0, 0.05) is 13.1 Å². The fourth-order valence-corrected chi connectivity index (χ4v) is 2.77. The summed E-state index contributed by atoms with van der Waals surface area (Å²) in [5, 5.41) is 2.95. The molecule has 1 N–H and O–H groups in total. The van der Waals surface area contributed by atoms with Crippen LogP contribution in [0.25, 0.3) is 0 Å². The molecule has 2 aromatic rings. The van der Waals surface area contributed by atoms with Gasteiger partial charge < -0.3 is 14.8 Å². The lowest BCUT2D eigenvalue weighted by atomic mass is 10.1. The fraction of sp³-hybridized carbons (Fsp3) is 0.350.